The molecule has 0 saturated carbocycles. The van der Waals surface area contributed by atoms with Gasteiger partial charge in [0.15, 0.2) is 11.5 Å². The number of nitrogens with one attached hydrogen (secondary N) is 1. The molecule has 7 nitrogen and oxygen atoms in total. The molecule has 0 bridgehead atoms. The second kappa shape index (κ2) is 10.9. The third kappa shape index (κ3) is 5.36. The number of hydrogen-bond acceptors (Lipinski definition) is 5. The second-order valence-electron chi connectivity index (χ2n) is 10.4. The molecule has 1 spiro atoms. The molecule has 1 atom stereocenters. The summed E-state index contributed by atoms with van der Waals surface area (Å²) in [6.45, 7) is 8.17. The van der Waals surface area contributed by atoms with Gasteiger partial charge in [-0.05, 0) is 55.5 Å². The maximum Gasteiger partial charge on any atom is 0.253 e. The Balaban J connectivity index is 1.49. The van der Waals surface area contributed by atoms with E-state index in [1.165, 1.54) is 0 Å². The summed E-state index contributed by atoms with van der Waals surface area (Å²) in [4.78, 5) is 30.6. The Morgan fingerprint density at radius 3 is 2.33 bits per heavy atom. The molecule has 2 aliphatic heterocycles. The fraction of sp³-hybridized carbons (Fsp3) is 0.517. The summed E-state index contributed by atoms with van der Waals surface area (Å²) in [5.41, 5.74) is 2.53. The molecule has 2 aliphatic rings. The van der Waals surface area contributed by atoms with Gasteiger partial charge in [0.2, 0.25) is 5.91 Å². The average molecular weight is 494 g/mol. The van der Waals surface area contributed by atoms with Crippen LogP contribution >= 0.6 is 0 Å². The zero-order chi connectivity index (χ0) is 25.9. The largest absolute Gasteiger partial charge is 0.493 e. The van der Waals surface area contributed by atoms with Crippen LogP contribution in [-0.4, -0.2) is 67.2 Å². The Bertz CT molecular complexity index is 1070. The van der Waals surface area contributed by atoms with Gasteiger partial charge in [-0.1, -0.05) is 37.6 Å². The van der Waals surface area contributed by atoms with Crippen molar-refractivity contribution in [2.45, 2.75) is 58.2 Å². The molecule has 2 fully saturated rings. The SMILES string of the molecule is COc1ccc(CCN2C(=O)C(CC(C)C)NC23CCN(C(=O)c2ccc(C)cc2)CC3)cc1OC. The van der Waals surface area contributed by atoms with E-state index in [9.17, 15) is 9.59 Å². The molecule has 0 aliphatic carbocycles. The number of amides is 2. The Morgan fingerprint density at radius 1 is 1.06 bits per heavy atom. The minimum absolute atomic E-state index is 0.0600. The van der Waals surface area contributed by atoms with E-state index in [1.54, 1.807) is 14.2 Å². The maximum absolute atomic E-state index is 13.6. The van der Waals surface area contributed by atoms with Gasteiger partial charge in [0.25, 0.3) is 5.91 Å². The lowest BCUT2D eigenvalue weighted by molar-refractivity contribution is -0.133. The van der Waals surface area contributed by atoms with Crippen molar-refractivity contribution in [3.8, 4) is 11.5 Å². The van der Waals surface area contributed by atoms with Crippen LogP contribution in [-0.2, 0) is 11.2 Å². The summed E-state index contributed by atoms with van der Waals surface area (Å²) in [5.74, 6) is 2.03. The molecule has 0 aromatic heterocycles. The van der Waals surface area contributed by atoms with E-state index in [0.29, 0.717) is 37.1 Å². The number of likely N-dealkylation sites (tertiary alicyclic amines) is 1. The Hall–Kier alpha value is -3.06. The highest BCUT2D eigenvalue weighted by Crippen LogP contribution is 2.35. The van der Waals surface area contributed by atoms with Crippen molar-refractivity contribution < 1.29 is 19.1 Å². The maximum atomic E-state index is 13.6. The van der Waals surface area contributed by atoms with Crippen molar-refractivity contribution in [2.75, 3.05) is 33.9 Å². The fourth-order valence-corrected chi connectivity index (χ4v) is 5.47. The number of piperidine rings is 1. The molecule has 7 heteroatoms. The molecule has 2 amide bonds. The third-order valence-corrected chi connectivity index (χ3v) is 7.48. The number of aryl methyl sites for hydroxylation is 1. The van der Waals surface area contributed by atoms with E-state index in [-0.39, 0.29) is 17.9 Å². The lowest BCUT2D eigenvalue weighted by atomic mass is 9.94. The molecule has 36 heavy (non-hydrogen) atoms. The monoisotopic (exact) mass is 493 g/mol. The van der Waals surface area contributed by atoms with Gasteiger partial charge in [0.05, 0.1) is 25.9 Å². The quantitative estimate of drug-likeness (QED) is 0.601. The standard InChI is InChI=1S/C29H39N3O4/c1-20(2)18-24-28(34)32(15-12-22-8-11-25(35-4)26(19-22)36-5)29(30-24)13-16-31(17-14-29)27(33)23-9-6-21(3)7-10-23/h6-11,19-20,24,30H,12-18H2,1-5H3. The Labute approximate surface area is 214 Å². The van der Waals surface area contributed by atoms with Gasteiger partial charge in [-0.3, -0.25) is 14.9 Å². The molecule has 2 saturated heterocycles. The van der Waals surface area contributed by atoms with Gasteiger partial charge in [0.1, 0.15) is 0 Å². The van der Waals surface area contributed by atoms with Crippen LogP contribution in [0.5, 0.6) is 11.5 Å². The highest BCUT2D eigenvalue weighted by atomic mass is 16.5. The number of benzene rings is 2. The first-order valence-electron chi connectivity index (χ1n) is 12.9. The van der Waals surface area contributed by atoms with E-state index in [2.05, 4.69) is 19.2 Å². The summed E-state index contributed by atoms with van der Waals surface area (Å²) in [5, 5.41) is 3.72. The van der Waals surface area contributed by atoms with Crippen LogP contribution in [0.15, 0.2) is 42.5 Å². The highest BCUT2D eigenvalue weighted by molar-refractivity contribution is 5.94. The van der Waals surface area contributed by atoms with E-state index < -0.39 is 5.66 Å². The third-order valence-electron chi connectivity index (χ3n) is 7.48. The Morgan fingerprint density at radius 2 is 1.72 bits per heavy atom. The van der Waals surface area contributed by atoms with Crippen LogP contribution < -0.4 is 14.8 Å². The van der Waals surface area contributed by atoms with Crippen molar-refractivity contribution in [3.63, 3.8) is 0 Å². The Kier molecular flexibility index (Phi) is 7.88. The van der Waals surface area contributed by atoms with Gasteiger partial charge in [-0.15, -0.1) is 0 Å². The summed E-state index contributed by atoms with van der Waals surface area (Å²) >= 11 is 0. The van der Waals surface area contributed by atoms with Gasteiger partial charge >= 0.3 is 0 Å². The molecule has 4 rings (SSSR count). The zero-order valence-electron chi connectivity index (χ0n) is 22.2. The molecule has 2 heterocycles. The first-order chi connectivity index (χ1) is 17.3. The van der Waals surface area contributed by atoms with Crippen molar-refractivity contribution >= 4 is 11.8 Å². The van der Waals surface area contributed by atoms with Gasteiger partial charge < -0.3 is 19.3 Å². The number of methoxy groups -OCH3 is 2. The molecule has 1 unspecified atom stereocenters. The second-order valence-corrected chi connectivity index (χ2v) is 10.4. The summed E-state index contributed by atoms with van der Waals surface area (Å²) < 4.78 is 10.8. The van der Waals surface area contributed by atoms with E-state index in [1.807, 2.05) is 59.2 Å². The van der Waals surface area contributed by atoms with Gasteiger partial charge in [0, 0.05) is 38.0 Å². The van der Waals surface area contributed by atoms with Crippen LogP contribution in [0, 0.1) is 12.8 Å². The van der Waals surface area contributed by atoms with Crippen molar-refractivity contribution in [1.29, 1.82) is 0 Å². The number of hydrogen-bond donors (Lipinski definition) is 1. The molecule has 2 aromatic carbocycles. The fourth-order valence-electron chi connectivity index (χ4n) is 5.47. The average Bonchev–Trinajstić information content (AvgIpc) is 3.12. The zero-order valence-corrected chi connectivity index (χ0v) is 22.2. The predicted molar refractivity (Wildman–Crippen MR) is 140 cm³/mol. The molecule has 194 valence electrons. The molecule has 0 radical (unpaired) electrons. The highest BCUT2D eigenvalue weighted by Gasteiger charge is 2.51. The van der Waals surface area contributed by atoms with Gasteiger partial charge in [-0.2, -0.15) is 0 Å². The minimum atomic E-state index is -0.419. The normalized spacial score (nSPS) is 19.3. The number of ether oxygens (including phenoxy) is 2. The molecular formula is C29H39N3O4. The van der Waals surface area contributed by atoms with E-state index in [0.717, 1.165) is 42.4 Å². The van der Waals surface area contributed by atoms with Crippen LogP contribution in [0.4, 0.5) is 0 Å². The molecular weight excluding hydrogens is 454 g/mol. The van der Waals surface area contributed by atoms with Crippen LogP contribution in [0.3, 0.4) is 0 Å². The van der Waals surface area contributed by atoms with Crippen molar-refractivity contribution in [2.24, 2.45) is 5.92 Å². The topological polar surface area (TPSA) is 71.1 Å². The van der Waals surface area contributed by atoms with Crippen LogP contribution in [0.1, 0.15) is 54.6 Å². The van der Waals surface area contributed by atoms with Gasteiger partial charge in [-0.25, -0.2) is 0 Å². The molecule has 1 N–H and O–H groups in total. The number of nitrogens with zero attached hydrogens (tertiary/aromatic N) is 2. The van der Waals surface area contributed by atoms with E-state index >= 15 is 0 Å². The number of rotatable bonds is 8. The minimum Gasteiger partial charge on any atom is -0.493 e. The summed E-state index contributed by atoms with van der Waals surface area (Å²) in [6.07, 6.45) is 2.96. The number of carbonyl (C=O) groups excluding carboxylic acids is 2. The van der Waals surface area contributed by atoms with Crippen LogP contribution in [0.25, 0.3) is 0 Å². The van der Waals surface area contributed by atoms with Crippen molar-refractivity contribution in [3.05, 3.63) is 59.2 Å². The lowest BCUT2D eigenvalue weighted by Crippen LogP contribution is -2.60. The summed E-state index contributed by atoms with van der Waals surface area (Å²) in [6, 6.07) is 13.5. The van der Waals surface area contributed by atoms with Crippen LogP contribution in [0.2, 0.25) is 0 Å². The van der Waals surface area contributed by atoms with Crippen molar-refractivity contribution in [1.82, 2.24) is 15.1 Å². The number of carbonyl (C=O) groups is 2. The first kappa shape index (κ1) is 26.0. The smallest absolute Gasteiger partial charge is 0.253 e. The predicted octanol–water partition coefficient (Wildman–Crippen LogP) is 4.03. The molecule has 2 aromatic rings. The summed E-state index contributed by atoms with van der Waals surface area (Å²) in [7, 11) is 3.26. The van der Waals surface area contributed by atoms with E-state index in [4.69, 9.17) is 9.47 Å². The first-order valence-corrected chi connectivity index (χ1v) is 12.9. The lowest BCUT2D eigenvalue weighted by Gasteiger charge is -2.44.